The third-order valence-electron chi connectivity index (χ3n) is 5.71. The maximum absolute atomic E-state index is 13.6. The van der Waals surface area contributed by atoms with Crippen LogP contribution in [0.5, 0.6) is 11.5 Å². The van der Waals surface area contributed by atoms with Crippen LogP contribution in [-0.4, -0.2) is 44.9 Å². The second kappa shape index (κ2) is 8.86. The molecule has 188 valence electrons. The summed E-state index contributed by atoms with van der Waals surface area (Å²) < 4.78 is 72.8. The van der Waals surface area contributed by atoms with Crippen LogP contribution in [0.4, 0.5) is 13.2 Å². The molecular formula is C24H20F3N3O5S. The van der Waals surface area contributed by atoms with Gasteiger partial charge < -0.3 is 14.7 Å². The monoisotopic (exact) mass is 519 g/mol. The van der Waals surface area contributed by atoms with Gasteiger partial charge in [0, 0.05) is 18.2 Å². The molecular weight excluding hydrogens is 499 g/mol. The molecule has 0 aromatic heterocycles. The molecule has 0 aliphatic carbocycles. The zero-order valence-corrected chi connectivity index (χ0v) is 19.8. The third kappa shape index (κ3) is 4.02. The lowest BCUT2D eigenvalue weighted by molar-refractivity contribution is -0.129. The second-order valence-corrected chi connectivity index (χ2v) is 9.34. The standard InChI is InChI=1S/C24H20F3N3O5S/c1-30-21(31)23(29-22(30)28,15-8-4-3-5-9-15)19-11-7-6-10-17(19)18-14-16(34-2)12-13-20(18)35-36(32,33)24(25,26)27/h3-14H,1-2H3,(H2,28,29). The Labute approximate surface area is 204 Å². The highest BCUT2D eigenvalue weighted by molar-refractivity contribution is 7.88. The summed E-state index contributed by atoms with van der Waals surface area (Å²) in [5.74, 6) is -0.977. The van der Waals surface area contributed by atoms with Crippen molar-refractivity contribution in [2.75, 3.05) is 14.2 Å². The van der Waals surface area contributed by atoms with E-state index < -0.39 is 32.8 Å². The van der Waals surface area contributed by atoms with Gasteiger partial charge in [0.15, 0.2) is 17.2 Å². The predicted molar refractivity (Wildman–Crippen MR) is 126 cm³/mol. The number of amides is 1. The van der Waals surface area contributed by atoms with Gasteiger partial charge in [0.2, 0.25) is 0 Å². The molecule has 12 heteroatoms. The number of halogens is 3. The van der Waals surface area contributed by atoms with Crippen LogP contribution in [0, 0.1) is 0 Å². The summed E-state index contributed by atoms with van der Waals surface area (Å²) in [7, 11) is -3.21. The second-order valence-electron chi connectivity index (χ2n) is 7.80. The SMILES string of the molecule is COc1ccc(OS(=O)(=O)C(F)(F)F)c(-c2ccccc2C2(c3ccccc3)N=C(N)N(C)C2=O)c1. The first-order valence-electron chi connectivity index (χ1n) is 10.4. The molecule has 1 aliphatic rings. The molecule has 0 radical (unpaired) electrons. The molecule has 8 nitrogen and oxygen atoms in total. The zero-order chi connectivity index (χ0) is 26.3. The van der Waals surface area contributed by atoms with Gasteiger partial charge in [0.25, 0.3) is 5.91 Å². The Kier molecular flexibility index (Phi) is 6.17. The lowest BCUT2D eigenvalue weighted by Crippen LogP contribution is -2.41. The van der Waals surface area contributed by atoms with Crippen LogP contribution in [0.15, 0.2) is 77.8 Å². The van der Waals surface area contributed by atoms with E-state index in [9.17, 15) is 26.4 Å². The van der Waals surface area contributed by atoms with E-state index in [2.05, 4.69) is 9.18 Å². The highest BCUT2D eigenvalue weighted by atomic mass is 32.2. The van der Waals surface area contributed by atoms with Crippen molar-refractivity contribution >= 4 is 22.0 Å². The molecule has 2 N–H and O–H groups in total. The van der Waals surface area contributed by atoms with Gasteiger partial charge in [0.1, 0.15) is 5.75 Å². The number of carbonyl (C=O) groups excluding carboxylic acids is 1. The van der Waals surface area contributed by atoms with Crippen LogP contribution in [0.25, 0.3) is 11.1 Å². The van der Waals surface area contributed by atoms with Crippen molar-refractivity contribution in [3.63, 3.8) is 0 Å². The Morgan fingerprint density at radius 3 is 2.19 bits per heavy atom. The van der Waals surface area contributed by atoms with Gasteiger partial charge in [-0.1, -0.05) is 54.6 Å². The summed E-state index contributed by atoms with van der Waals surface area (Å²) in [6, 6.07) is 18.4. The first-order valence-corrected chi connectivity index (χ1v) is 11.8. The van der Waals surface area contributed by atoms with E-state index in [1.807, 2.05) is 0 Å². The van der Waals surface area contributed by atoms with Crippen LogP contribution >= 0.6 is 0 Å². The van der Waals surface area contributed by atoms with Crippen molar-refractivity contribution in [1.29, 1.82) is 0 Å². The van der Waals surface area contributed by atoms with Gasteiger partial charge in [-0.25, -0.2) is 4.99 Å². The number of aliphatic imine (C=N–C) groups is 1. The van der Waals surface area contributed by atoms with E-state index in [0.717, 1.165) is 6.07 Å². The van der Waals surface area contributed by atoms with E-state index in [4.69, 9.17) is 10.5 Å². The molecule has 0 bridgehead atoms. The van der Waals surface area contributed by atoms with Crippen LogP contribution in [0.3, 0.4) is 0 Å². The van der Waals surface area contributed by atoms with Gasteiger partial charge in [-0.15, -0.1) is 0 Å². The van der Waals surface area contributed by atoms with Crippen molar-refractivity contribution in [1.82, 2.24) is 4.90 Å². The fraction of sp³-hybridized carbons (Fsp3) is 0.167. The molecule has 0 saturated carbocycles. The number of nitrogens with zero attached hydrogens (tertiary/aromatic N) is 2. The highest BCUT2D eigenvalue weighted by Crippen LogP contribution is 2.46. The van der Waals surface area contributed by atoms with Crippen molar-refractivity contribution < 1.29 is 35.3 Å². The molecule has 0 fully saturated rings. The average molecular weight is 520 g/mol. The van der Waals surface area contributed by atoms with Crippen molar-refractivity contribution in [2.45, 2.75) is 11.0 Å². The number of guanidine groups is 1. The molecule has 1 heterocycles. The van der Waals surface area contributed by atoms with Gasteiger partial charge in [0.05, 0.1) is 7.11 Å². The van der Waals surface area contributed by atoms with Crippen LogP contribution < -0.4 is 14.7 Å². The number of nitrogens with two attached hydrogens (primary N) is 1. The molecule has 1 amide bonds. The minimum absolute atomic E-state index is 0.0656. The minimum atomic E-state index is -5.99. The highest BCUT2D eigenvalue weighted by Gasteiger charge is 2.51. The fourth-order valence-electron chi connectivity index (χ4n) is 3.96. The average Bonchev–Trinajstić information content (AvgIpc) is 3.08. The smallest absolute Gasteiger partial charge is 0.497 e. The number of rotatable bonds is 6. The summed E-state index contributed by atoms with van der Waals surface area (Å²) in [4.78, 5) is 19.3. The lowest BCUT2D eigenvalue weighted by Gasteiger charge is -2.28. The first kappa shape index (κ1) is 25.0. The largest absolute Gasteiger partial charge is 0.534 e. The summed E-state index contributed by atoms with van der Waals surface area (Å²) in [6.07, 6.45) is 0. The third-order valence-corrected chi connectivity index (χ3v) is 6.67. The number of hydrogen-bond acceptors (Lipinski definition) is 7. The van der Waals surface area contributed by atoms with Crippen LogP contribution in [0.1, 0.15) is 11.1 Å². The molecule has 1 unspecified atom stereocenters. The van der Waals surface area contributed by atoms with Gasteiger partial charge in [-0.05, 0) is 29.3 Å². The molecule has 36 heavy (non-hydrogen) atoms. The van der Waals surface area contributed by atoms with Gasteiger partial charge in [-0.3, -0.25) is 9.69 Å². The Bertz CT molecular complexity index is 1460. The zero-order valence-electron chi connectivity index (χ0n) is 19.0. The van der Waals surface area contributed by atoms with E-state index in [0.29, 0.717) is 5.56 Å². The normalized spacial score (nSPS) is 18.2. The predicted octanol–water partition coefficient (Wildman–Crippen LogP) is 3.62. The summed E-state index contributed by atoms with van der Waals surface area (Å²) in [5, 5.41) is 0. The van der Waals surface area contributed by atoms with E-state index >= 15 is 0 Å². The maximum Gasteiger partial charge on any atom is 0.534 e. The van der Waals surface area contributed by atoms with E-state index in [-0.39, 0.29) is 28.4 Å². The molecule has 1 atom stereocenters. The molecule has 3 aromatic rings. The summed E-state index contributed by atoms with van der Waals surface area (Å²) in [6.45, 7) is 0. The number of carbonyl (C=O) groups is 1. The van der Waals surface area contributed by atoms with E-state index in [1.165, 1.54) is 37.3 Å². The fourth-order valence-corrected chi connectivity index (χ4v) is 4.43. The molecule has 0 saturated heterocycles. The van der Waals surface area contributed by atoms with Gasteiger partial charge in [-0.2, -0.15) is 21.6 Å². The van der Waals surface area contributed by atoms with Crippen molar-refractivity contribution in [3.8, 4) is 22.6 Å². The molecule has 4 rings (SSSR count). The Morgan fingerprint density at radius 2 is 1.61 bits per heavy atom. The van der Waals surface area contributed by atoms with Crippen molar-refractivity contribution in [2.24, 2.45) is 10.7 Å². The molecule has 3 aromatic carbocycles. The molecule has 1 aliphatic heterocycles. The number of hydrogen-bond donors (Lipinski definition) is 1. The first-order chi connectivity index (χ1) is 16.9. The Hall–Kier alpha value is -4.06. The summed E-state index contributed by atoms with van der Waals surface area (Å²) >= 11 is 0. The van der Waals surface area contributed by atoms with Crippen molar-refractivity contribution in [3.05, 3.63) is 83.9 Å². The Morgan fingerprint density at radius 1 is 0.972 bits per heavy atom. The topological polar surface area (TPSA) is 111 Å². The van der Waals surface area contributed by atoms with Crippen LogP contribution in [0.2, 0.25) is 0 Å². The van der Waals surface area contributed by atoms with E-state index in [1.54, 1.807) is 48.5 Å². The summed E-state index contributed by atoms with van der Waals surface area (Å²) in [5.41, 5.74) is -0.513. The number of benzene rings is 3. The molecule has 0 spiro atoms. The maximum atomic E-state index is 13.6. The number of ether oxygens (including phenoxy) is 1. The minimum Gasteiger partial charge on any atom is -0.497 e. The van der Waals surface area contributed by atoms with Gasteiger partial charge >= 0.3 is 15.6 Å². The number of methoxy groups -OCH3 is 1. The quantitative estimate of drug-likeness (QED) is 0.393. The number of likely N-dealkylation sites (N-methyl/N-ethyl adjacent to an activating group) is 1. The number of alkyl halides is 3. The van der Waals surface area contributed by atoms with Crippen LogP contribution in [-0.2, 0) is 20.5 Å². The lowest BCUT2D eigenvalue weighted by atomic mass is 9.79. The Balaban J connectivity index is 2.03.